The Kier molecular flexibility index (Phi) is 7.91. The van der Waals surface area contributed by atoms with Gasteiger partial charge in [-0.2, -0.15) is 0 Å². The summed E-state index contributed by atoms with van der Waals surface area (Å²) in [6.45, 7) is 4.09. The van der Waals surface area contributed by atoms with Crippen LogP contribution in [0.5, 0.6) is 11.5 Å². The first kappa shape index (κ1) is 20.7. The molecule has 0 aliphatic carbocycles. The van der Waals surface area contributed by atoms with Gasteiger partial charge in [0, 0.05) is 5.92 Å². The fourth-order valence-electron chi connectivity index (χ4n) is 2.63. The molecular formula is C25H25O3P. The van der Waals surface area contributed by atoms with Crippen molar-refractivity contribution in [3.63, 3.8) is 0 Å². The van der Waals surface area contributed by atoms with Crippen LogP contribution in [0, 0.1) is 0 Å². The minimum atomic E-state index is -1.69. The summed E-state index contributed by atoms with van der Waals surface area (Å²) in [5.41, 5.74) is 1.16. The Hall–Kier alpha value is -3.03. The topological polar surface area (TPSA) is 27.7 Å². The van der Waals surface area contributed by atoms with Gasteiger partial charge in [0.15, 0.2) is 0 Å². The van der Waals surface area contributed by atoms with Gasteiger partial charge in [-0.25, -0.2) is 0 Å². The van der Waals surface area contributed by atoms with Crippen molar-refractivity contribution in [2.24, 2.45) is 0 Å². The summed E-state index contributed by atoms with van der Waals surface area (Å²) in [7, 11) is -1.69. The molecule has 0 bridgehead atoms. The molecule has 0 heterocycles. The first-order chi connectivity index (χ1) is 14.3. The number of para-hydroxylation sites is 2. The van der Waals surface area contributed by atoms with Crippen molar-refractivity contribution in [2.45, 2.75) is 19.8 Å². The summed E-state index contributed by atoms with van der Waals surface area (Å²) in [5.74, 6) is 2.24. The van der Waals surface area contributed by atoms with Crippen molar-refractivity contribution in [1.29, 1.82) is 0 Å². The lowest BCUT2D eigenvalue weighted by atomic mass is 9.99. The highest BCUT2D eigenvalue weighted by molar-refractivity contribution is 7.42. The predicted octanol–water partition coefficient (Wildman–Crippen LogP) is 7.65. The van der Waals surface area contributed by atoms with E-state index < -0.39 is 8.60 Å². The zero-order valence-electron chi connectivity index (χ0n) is 16.6. The van der Waals surface area contributed by atoms with Crippen LogP contribution in [-0.4, -0.2) is 0 Å². The van der Waals surface area contributed by atoms with E-state index in [1.54, 1.807) is 0 Å². The fourth-order valence-corrected chi connectivity index (χ4v) is 3.72. The van der Waals surface area contributed by atoms with E-state index in [4.69, 9.17) is 13.6 Å². The van der Waals surface area contributed by atoms with Crippen LogP contribution in [0.2, 0.25) is 0 Å². The average molecular weight is 404 g/mol. The maximum Gasteiger partial charge on any atom is 0.529 e. The third kappa shape index (κ3) is 6.51. The van der Waals surface area contributed by atoms with Crippen LogP contribution < -0.4 is 9.05 Å². The Bertz CT molecular complexity index is 867. The molecule has 0 amide bonds. The molecule has 148 valence electrons. The second-order valence-electron chi connectivity index (χ2n) is 6.35. The van der Waals surface area contributed by atoms with Crippen molar-refractivity contribution in [3.8, 4) is 11.5 Å². The van der Waals surface area contributed by atoms with Gasteiger partial charge in [-0.15, -0.1) is 0 Å². The lowest BCUT2D eigenvalue weighted by molar-refractivity contribution is 0.315. The Balaban J connectivity index is 1.85. The molecule has 3 aromatic carbocycles. The third-order valence-corrected chi connectivity index (χ3v) is 5.29. The molecule has 4 heteroatoms. The molecule has 3 aromatic rings. The monoisotopic (exact) mass is 404 g/mol. The Morgan fingerprint density at radius 2 is 1.24 bits per heavy atom. The third-order valence-electron chi connectivity index (χ3n) is 4.21. The van der Waals surface area contributed by atoms with Crippen LogP contribution in [-0.2, 0) is 4.52 Å². The standard InChI is InChI=1S/C25H25O3P/c1-3-4-20-25(21(2)22-14-8-5-9-15-22)28-29(26-23-16-10-6-11-17-23)27-24-18-12-7-13-19-24/h3-21H,1-2H3/b4-3-,25-20+. The van der Waals surface area contributed by atoms with E-state index in [2.05, 4.69) is 19.1 Å². The van der Waals surface area contributed by atoms with E-state index in [-0.39, 0.29) is 5.92 Å². The van der Waals surface area contributed by atoms with Crippen LogP contribution in [0.3, 0.4) is 0 Å². The number of rotatable bonds is 9. The minimum absolute atomic E-state index is 0.0520. The van der Waals surface area contributed by atoms with Crippen LogP contribution >= 0.6 is 8.60 Å². The van der Waals surface area contributed by atoms with Crippen molar-refractivity contribution in [2.75, 3.05) is 0 Å². The van der Waals surface area contributed by atoms with Gasteiger partial charge in [-0.3, -0.25) is 0 Å². The van der Waals surface area contributed by atoms with Gasteiger partial charge in [-0.1, -0.05) is 85.8 Å². The number of benzene rings is 3. The summed E-state index contributed by atoms with van der Waals surface area (Å²) in [4.78, 5) is 0. The van der Waals surface area contributed by atoms with Crippen molar-refractivity contribution >= 4 is 8.60 Å². The molecule has 0 spiro atoms. The molecule has 0 fully saturated rings. The number of hydrogen-bond acceptors (Lipinski definition) is 3. The molecule has 3 nitrogen and oxygen atoms in total. The first-order valence-electron chi connectivity index (χ1n) is 9.58. The van der Waals surface area contributed by atoms with Crippen molar-refractivity contribution < 1.29 is 13.6 Å². The molecule has 0 saturated carbocycles. The lowest BCUT2D eigenvalue weighted by Gasteiger charge is -2.22. The van der Waals surface area contributed by atoms with Gasteiger partial charge in [-0.05, 0) is 42.8 Å². The zero-order chi connectivity index (χ0) is 20.3. The molecule has 0 aliphatic heterocycles. The highest BCUT2D eigenvalue weighted by atomic mass is 31.2. The van der Waals surface area contributed by atoms with Crippen molar-refractivity contribution in [3.05, 3.63) is 121 Å². The van der Waals surface area contributed by atoms with Gasteiger partial charge in [0.1, 0.15) is 17.3 Å². The Morgan fingerprint density at radius 3 is 1.72 bits per heavy atom. The van der Waals surface area contributed by atoms with E-state index in [0.29, 0.717) is 11.5 Å². The quantitative estimate of drug-likeness (QED) is 0.208. The van der Waals surface area contributed by atoms with Gasteiger partial charge in [0.05, 0.1) is 0 Å². The van der Waals surface area contributed by atoms with Crippen LogP contribution in [0.25, 0.3) is 0 Å². The highest BCUT2D eigenvalue weighted by Gasteiger charge is 2.24. The summed E-state index contributed by atoms with van der Waals surface area (Å²) in [6, 6.07) is 29.4. The number of hydrogen-bond donors (Lipinski definition) is 0. The minimum Gasteiger partial charge on any atom is -0.412 e. The second kappa shape index (κ2) is 11.1. The maximum atomic E-state index is 6.31. The molecule has 0 saturated heterocycles. The first-order valence-corrected chi connectivity index (χ1v) is 10.7. The van der Waals surface area contributed by atoms with Gasteiger partial charge in [0.25, 0.3) is 0 Å². The van der Waals surface area contributed by atoms with E-state index in [1.807, 2.05) is 104 Å². The summed E-state index contributed by atoms with van der Waals surface area (Å²) < 4.78 is 18.4. The number of allylic oxidation sites excluding steroid dienone is 4. The normalized spacial score (nSPS) is 12.7. The van der Waals surface area contributed by atoms with Crippen LogP contribution in [0.1, 0.15) is 25.3 Å². The Labute approximate surface area is 174 Å². The largest absolute Gasteiger partial charge is 0.529 e. The Morgan fingerprint density at radius 1 is 0.759 bits per heavy atom. The van der Waals surface area contributed by atoms with E-state index in [9.17, 15) is 0 Å². The molecule has 0 aliphatic rings. The summed E-state index contributed by atoms with van der Waals surface area (Å²) >= 11 is 0. The summed E-state index contributed by atoms with van der Waals surface area (Å²) in [6.07, 6.45) is 5.91. The van der Waals surface area contributed by atoms with Crippen molar-refractivity contribution in [1.82, 2.24) is 0 Å². The molecular weight excluding hydrogens is 379 g/mol. The van der Waals surface area contributed by atoms with Crippen LogP contribution in [0.15, 0.2) is 115 Å². The van der Waals surface area contributed by atoms with Crippen LogP contribution in [0.4, 0.5) is 0 Å². The smallest absolute Gasteiger partial charge is 0.412 e. The predicted molar refractivity (Wildman–Crippen MR) is 120 cm³/mol. The van der Waals surface area contributed by atoms with E-state index >= 15 is 0 Å². The SMILES string of the molecule is C/C=C\C=C(\OP(Oc1ccccc1)Oc1ccccc1)C(C)c1ccccc1. The molecule has 1 atom stereocenters. The molecule has 29 heavy (non-hydrogen) atoms. The van der Waals surface area contributed by atoms with E-state index in [0.717, 1.165) is 11.3 Å². The molecule has 0 N–H and O–H groups in total. The fraction of sp³-hybridized carbons (Fsp3) is 0.120. The second-order valence-corrected chi connectivity index (χ2v) is 7.35. The van der Waals surface area contributed by atoms with Gasteiger partial charge >= 0.3 is 8.60 Å². The zero-order valence-corrected chi connectivity index (χ0v) is 17.5. The molecule has 1 unspecified atom stereocenters. The average Bonchev–Trinajstić information content (AvgIpc) is 2.78. The highest BCUT2D eigenvalue weighted by Crippen LogP contribution is 2.45. The van der Waals surface area contributed by atoms with Gasteiger partial charge in [0.2, 0.25) is 0 Å². The van der Waals surface area contributed by atoms with Gasteiger partial charge < -0.3 is 13.6 Å². The molecule has 0 radical (unpaired) electrons. The summed E-state index contributed by atoms with van der Waals surface area (Å²) in [5, 5.41) is 0. The molecule has 0 aromatic heterocycles. The lowest BCUT2D eigenvalue weighted by Crippen LogP contribution is -2.05. The van der Waals surface area contributed by atoms with E-state index in [1.165, 1.54) is 0 Å². The maximum absolute atomic E-state index is 6.31. The molecule has 3 rings (SSSR count).